The molecular formula is C15H19ClN2O4. The molecule has 1 heterocycles. The van der Waals surface area contributed by atoms with Gasteiger partial charge in [-0.3, -0.25) is 4.79 Å². The summed E-state index contributed by atoms with van der Waals surface area (Å²) in [6.45, 7) is -0.0737. The summed E-state index contributed by atoms with van der Waals surface area (Å²) in [6, 6.07) is 8.44. The fourth-order valence-corrected chi connectivity index (χ4v) is 2.95. The Labute approximate surface area is 133 Å². The molecule has 2 unspecified atom stereocenters. The van der Waals surface area contributed by atoms with Crippen LogP contribution in [0.15, 0.2) is 30.3 Å². The highest BCUT2D eigenvalue weighted by Gasteiger charge is 2.58. The molecule has 7 heteroatoms. The summed E-state index contributed by atoms with van der Waals surface area (Å²) < 4.78 is 0. The first-order chi connectivity index (χ1) is 10.4. The Kier molecular flexibility index (Phi) is 5.05. The summed E-state index contributed by atoms with van der Waals surface area (Å²) in [6.07, 6.45) is 1.38. The number of nitrogens with two attached hydrogens (primary N) is 1. The van der Waals surface area contributed by atoms with Gasteiger partial charge >= 0.3 is 5.97 Å². The number of halogens is 1. The van der Waals surface area contributed by atoms with E-state index in [-0.39, 0.29) is 13.0 Å². The minimum absolute atomic E-state index is 0.0737. The zero-order valence-electron chi connectivity index (χ0n) is 12.0. The number of rotatable bonds is 5. The van der Waals surface area contributed by atoms with E-state index in [9.17, 15) is 19.8 Å². The number of carboxylic acids is 1. The van der Waals surface area contributed by atoms with Crippen LogP contribution in [0, 0.1) is 0 Å². The Balaban J connectivity index is 1.98. The van der Waals surface area contributed by atoms with Crippen LogP contribution in [-0.4, -0.2) is 50.7 Å². The van der Waals surface area contributed by atoms with Gasteiger partial charge in [-0.2, -0.15) is 0 Å². The lowest BCUT2D eigenvalue weighted by Gasteiger charge is -2.31. The molecule has 1 saturated heterocycles. The number of carbonyl (C=O) groups is 2. The van der Waals surface area contributed by atoms with Crippen LogP contribution < -0.4 is 5.73 Å². The van der Waals surface area contributed by atoms with Crippen molar-refractivity contribution in [2.45, 2.75) is 36.4 Å². The second-order valence-electron chi connectivity index (χ2n) is 5.42. The van der Waals surface area contributed by atoms with Crippen LogP contribution in [0.5, 0.6) is 0 Å². The number of hydrogen-bond donors (Lipinski definition) is 3. The van der Waals surface area contributed by atoms with Crippen molar-refractivity contribution < 1.29 is 19.8 Å². The number of nitrogens with zero attached hydrogens (tertiary/aromatic N) is 1. The van der Waals surface area contributed by atoms with E-state index < -0.39 is 29.0 Å². The van der Waals surface area contributed by atoms with E-state index in [1.165, 1.54) is 0 Å². The van der Waals surface area contributed by atoms with Crippen LogP contribution in [0.3, 0.4) is 0 Å². The van der Waals surface area contributed by atoms with Crippen molar-refractivity contribution in [3.05, 3.63) is 35.9 Å². The third-order valence-electron chi connectivity index (χ3n) is 3.94. The SMILES string of the molecule is NC1C(Cl)CN(C(=O)CCCc2ccccc2)[C@]1(O)C(=O)O. The van der Waals surface area contributed by atoms with E-state index in [1.54, 1.807) is 0 Å². The molecular weight excluding hydrogens is 308 g/mol. The average molecular weight is 327 g/mol. The van der Waals surface area contributed by atoms with Gasteiger partial charge in [0.2, 0.25) is 5.91 Å². The molecule has 2 rings (SSSR count). The van der Waals surface area contributed by atoms with Crippen molar-refractivity contribution >= 4 is 23.5 Å². The number of hydrogen-bond acceptors (Lipinski definition) is 4. The largest absolute Gasteiger partial charge is 0.478 e. The number of alkyl halides is 1. The van der Waals surface area contributed by atoms with E-state index in [0.29, 0.717) is 12.8 Å². The second-order valence-corrected chi connectivity index (χ2v) is 5.98. The Hall–Kier alpha value is -1.63. The first-order valence-electron chi connectivity index (χ1n) is 7.07. The second kappa shape index (κ2) is 6.64. The third-order valence-corrected chi connectivity index (χ3v) is 4.35. The van der Waals surface area contributed by atoms with E-state index in [2.05, 4.69) is 0 Å². The molecule has 1 aliphatic heterocycles. The summed E-state index contributed by atoms with van der Waals surface area (Å²) in [5.74, 6) is -2.01. The summed E-state index contributed by atoms with van der Waals surface area (Å²) in [4.78, 5) is 24.4. The van der Waals surface area contributed by atoms with Crippen molar-refractivity contribution in [2.24, 2.45) is 5.73 Å². The molecule has 0 radical (unpaired) electrons. The topological polar surface area (TPSA) is 104 Å². The number of carboxylic acid groups (broad SMARTS) is 1. The normalized spacial score (nSPS) is 27.9. The zero-order valence-corrected chi connectivity index (χ0v) is 12.7. The summed E-state index contributed by atoms with van der Waals surface area (Å²) in [7, 11) is 0. The van der Waals surface area contributed by atoms with Crippen molar-refractivity contribution in [1.82, 2.24) is 4.90 Å². The summed E-state index contributed by atoms with van der Waals surface area (Å²) in [5, 5.41) is 18.7. The molecule has 3 atom stereocenters. The van der Waals surface area contributed by atoms with E-state index in [4.69, 9.17) is 17.3 Å². The maximum Gasteiger partial charge on any atom is 0.359 e. The van der Waals surface area contributed by atoms with Crippen LogP contribution in [0.2, 0.25) is 0 Å². The predicted molar refractivity (Wildman–Crippen MR) is 81.3 cm³/mol. The van der Waals surface area contributed by atoms with Crippen LogP contribution in [0.4, 0.5) is 0 Å². The van der Waals surface area contributed by atoms with Crippen LogP contribution >= 0.6 is 11.6 Å². The van der Waals surface area contributed by atoms with Gasteiger partial charge in [-0.05, 0) is 18.4 Å². The minimum atomic E-state index is -2.43. The highest BCUT2D eigenvalue weighted by atomic mass is 35.5. The van der Waals surface area contributed by atoms with Gasteiger partial charge in [0.15, 0.2) is 0 Å². The maximum atomic E-state index is 12.2. The number of aliphatic carboxylic acids is 1. The molecule has 0 saturated carbocycles. The van der Waals surface area contributed by atoms with Crippen molar-refractivity contribution in [3.63, 3.8) is 0 Å². The van der Waals surface area contributed by atoms with Gasteiger partial charge in [0.1, 0.15) is 0 Å². The number of carbonyl (C=O) groups excluding carboxylic acids is 1. The summed E-state index contributed by atoms with van der Waals surface area (Å²) >= 11 is 5.92. The molecule has 4 N–H and O–H groups in total. The molecule has 1 aromatic rings. The Morgan fingerprint density at radius 2 is 2.00 bits per heavy atom. The van der Waals surface area contributed by atoms with Gasteiger partial charge in [-0.1, -0.05) is 30.3 Å². The van der Waals surface area contributed by atoms with Gasteiger partial charge in [-0.15, -0.1) is 11.6 Å². The average Bonchev–Trinajstić information content (AvgIpc) is 2.74. The highest BCUT2D eigenvalue weighted by molar-refractivity contribution is 6.22. The molecule has 6 nitrogen and oxygen atoms in total. The van der Waals surface area contributed by atoms with Gasteiger partial charge < -0.3 is 20.8 Å². The van der Waals surface area contributed by atoms with Crippen molar-refractivity contribution in [2.75, 3.05) is 6.54 Å². The molecule has 0 aromatic heterocycles. The van der Waals surface area contributed by atoms with E-state index >= 15 is 0 Å². The fourth-order valence-electron chi connectivity index (χ4n) is 2.63. The Morgan fingerprint density at radius 3 is 2.59 bits per heavy atom. The number of likely N-dealkylation sites (tertiary alicyclic amines) is 1. The molecule has 1 aromatic carbocycles. The Morgan fingerprint density at radius 1 is 1.36 bits per heavy atom. The lowest BCUT2D eigenvalue weighted by Crippen LogP contribution is -2.61. The molecule has 120 valence electrons. The molecule has 0 bridgehead atoms. The van der Waals surface area contributed by atoms with Gasteiger partial charge in [0.05, 0.1) is 11.4 Å². The molecule has 22 heavy (non-hydrogen) atoms. The third kappa shape index (κ3) is 3.09. The van der Waals surface area contributed by atoms with Crippen LogP contribution in [0.25, 0.3) is 0 Å². The maximum absolute atomic E-state index is 12.2. The van der Waals surface area contributed by atoms with Gasteiger partial charge in [-0.25, -0.2) is 4.79 Å². The zero-order chi connectivity index (χ0) is 16.3. The fraction of sp³-hybridized carbons (Fsp3) is 0.467. The standard InChI is InChI=1S/C15H19ClN2O4/c16-11-9-18(15(22,13(11)17)14(20)21)12(19)8-4-7-10-5-2-1-3-6-10/h1-3,5-6,11,13,22H,4,7-9,17H2,(H,20,21)/t11?,13?,15-/m1/s1. The van der Waals surface area contributed by atoms with Crippen molar-refractivity contribution in [1.29, 1.82) is 0 Å². The quantitative estimate of drug-likeness (QED) is 0.686. The van der Waals surface area contributed by atoms with Crippen LogP contribution in [0.1, 0.15) is 18.4 Å². The Bertz CT molecular complexity index is 554. The van der Waals surface area contributed by atoms with Gasteiger partial charge in [0.25, 0.3) is 5.72 Å². The molecule has 1 aliphatic rings. The smallest absolute Gasteiger partial charge is 0.359 e. The number of aliphatic hydroxyl groups is 1. The first kappa shape index (κ1) is 16.7. The molecule has 1 fully saturated rings. The van der Waals surface area contributed by atoms with E-state index in [0.717, 1.165) is 10.5 Å². The minimum Gasteiger partial charge on any atom is -0.478 e. The predicted octanol–water partition coefficient (Wildman–Crippen LogP) is 0.559. The number of amides is 1. The molecule has 1 amide bonds. The van der Waals surface area contributed by atoms with Crippen LogP contribution in [-0.2, 0) is 16.0 Å². The lowest BCUT2D eigenvalue weighted by atomic mass is 10.0. The highest BCUT2D eigenvalue weighted by Crippen LogP contribution is 2.30. The number of benzene rings is 1. The van der Waals surface area contributed by atoms with E-state index in [1.807, 2.05) is 30.3 Å². The molecule has 0 aliphatic carbocycles. The van der Waals surface area contributed by atoms with Gasteiger partial charge in [0, 0.05) is 13.0 Å². The number of aryl methyl sites for hydroxylation is 1. The monoisotopic (exact) mass is 326 g/mol. The molecule has 0 spiro atoms. The van der Waals surface area contributed by atoms with Crippen molar-refractivity contribution in [3.8, 4) is 0 Å². The lowest BCUT2D eigenvalue weighted by molar-refractivity contribution is -0.184. The summed E-state index contributed by atoms with van der Waals surface area (Å²) in [5.41, 5.74) is 4.31. The first-order valence-corrected chi connectivity index (χ1v) is 7.50.